The number of nitrogens with zero attached hydrogens (tertiary/aromatic N) is 6. The first-order valence-corrected chi connectivity index (χ1v) is 19.1. The fourth-order valence-electron chi connectivity index (χ4n) is 9.50. The van der Waals surface area contributed by atoms with Gasteiger partial charge in [-0.05, 0) is 76.6 Å². The highest BCUT2D eigenvalue weighted by atomic mass is 19.1. The molecule has 0 unspecified atom stereocenters. The van der Waals surface area contributed by atoms with Crippen molar-refractivity contribution in [1.29, 1.82) is 0 Å². The summed E-state index contributed by atoms with van der Waals surface area (Å²) >= 11 is 0. The van der Waals surface area contributed by atoms with E-state index in [9.17, 15) is 9.18 Å². The van der Waals surface area contributed by atoms with E-state index < -0.39 is 41.1 Å². The number of rotatable bonds is 7. The Morgan fingerprint density at radius 3 is 2.71 bits per heavy atom. The Morgan fingerprint density at radius 1 is 1.09 bits per heavy atom. The SMILES string of the molecule is C#Cc1c(F)ccc2cc(OCOC)cc(-c3nc4c5c(nc(OC[C@@]67CCCN6C[C@H](F)C7)nc5c3F)N3C[C@@H]5CC[C@H]([C@@H]3CO4)N5C(=O)OC(C)(C)C)c12. The molecule has 9 rings (SSSR count). The second-order valence-corrected chi connectivity index (χ2v) is 16.4. The van der Waals surface area contributed by atoms with Crippen LogP contribution in [-0.2, 0) is 9.47 Å². The molecule has 4 aromatic rings. The Labute approximate surface area is 322 Å². The number of terminal acetylenes is 1. The summed E-state index contributed by atoms with van der Waals surface area (Å²) < 4.78 is 77.2. The van der Waals surface area contributed by atoms with Gasteiger partial charge in [-0.2, -0.15) is 9.97 Å². The van der Waals surface area contributed by atoms with Crippen LogP contribution in [0.3, 0.4) is 0 Å². The summed E-state index contributed by atoms with van der Waals surface area (Å²) in [7, 11) is 1.47. The van der Waals surface area contributed by atoms with Crippen LogP contribution in [0.15, 0.2) is 24.3 Å². The van der Waals surface area contributed by atoms with Gasteiger partial charge in [0.2, 0.25) is 5.88 Å². The lowest BCUT2D eigenvalue weighted by Crippen LogP contribution is -2.63. The minimum absolute atomic E-state index is 0.0543. The number of benzene rings is 2. The van der Waals surface area contributed by atoms with E-state index in [1.165, 1.54) is 25.3 Å². The number of amides is 1. The van der Waals surface area contributed by atoms with E-state index in [1.54, 1.807) is 11.0 Å². The predicted octanol–water partition coefficient (Wildman–Crippen LogP) is 6.39. The van der Waals surface area contributed by atoms with Gasteiger partial charge in [-0.1, -0.05) is 12.0 Å². The molecule has 1 amide bonds. The number of piperazine rings is 1. The lowest BCUT2D eigenvalue weighted by atomic mass is 9.95. The van der Waals surface area contributed by atoms with Crippen LogP contribution in [0, 0.1) is 24.0 Å². The zero-order valence-electron chi connectivity index (χ0n) is 31.7. The highest BCUT2D eigenvalue weighted by molar-refractivity contribution is 6.04. The minimum atomic E-state index is -0.972. The molecule has 0 radical (unpaired) electrons. The van der Waals surface area contributed by atoms with Crippen LogP contribution < -0.4 is 19.1 Å². The number of carbonyl (C=O) groups excluding carboxylic acids is 1. The van der Waals surface area contributed by atoms with Crippen LogP contribution in [0.4, 0.5) is 23.8 Å². The van der Waals surface area contributed by atoms with Gasteiger partial charge in [0.05, 0.1) is 29.2 Å². The molecule has 0 saturated carbocycles. The Bertz CT molecular complexity index is 2300. The van der Waals surface area contributed by atoms with E-state index in [0.717, 1.165) is 25.8 Å². The first-order chi connectivity index (χ1) is 26.9. The first-order valence-electron chi connectivity index (χ1n) is 19.1. The summed E-state index contributed by atoms with van der Waals surface area (Å²) in [5.41, 5.74) is -1.46. The average molecular weight is 773 g/mol. The number of carbonyl (C=O) groups is 1. The topological polar surface area (TPSA) is 112 Å². The number of methoxy groups -OCH3 is 1. The van der Waals surface area contributed by atoms with E-state index >= 15 is 8.78 Å². The van der Waals surface area contributed by atoms with Gasteiger partial charge < -0.3 is 28.6 Å². The second kappa shape index (κ2) is 13.5. The Balaban J connectivity index is 1.21. The number of pyridine rings is 1. The van der Waals surface area contributed by atoms with Gasteiger partial charge in [0.1, 0.15) is 59.0 Å². The summed E-state index contributed by atoms with van der Waals surface area (Å²) in [6.45, 7) is 7.07. The van der Waals surface area contributed by atoms with Crippen molar-refractivity contribution in [1.82, 2.24) is 24.8 Å². The van der Waals surface area contributed by atoms with Crippen LogP contribution in [0.5, 0.6) is 17.6 Å². The molecule has 0 spiro atoms. The van der Waals surface area contributed by atoms with Crippen molar-refractivity contribution in [2.75, 3.05) is 51.7 Å². The quantitative estimate of drug-likeness (QED) is 0.154. The summed E-state index contributed by atoms with van der Waals surface area (Å²) in [4.78, 5) is 33.9. The number of ether oxygens (including phenoxy) is 5. The predicted molar refractivity (Wildman–Crippen MR) is 201 cm³/mol. The maximum atomic E-state index is 17.5. The molecule has 0 N–H and O–H groups in total. The van der Waals surface area contributed by atoms with Crippen molar-refractivity contribution in [2.45, 2.75) is 88.3 Å². The average Bonchev–Trinajstić information content (AvgIpc) is 3.76. The molecular formula is C41H43F3N6O6. The largest absolute Gasteiger partial charge is 0.475 e. The molecule has 2 bridgehead atoms. The Hall–Kier alpha value is -5.07. The summed E-state index contributed by atoms with van der Waals surface area (Å²) in [6.07, 6.45) is 7.89. The van der Waals surface area contributed by atoms with E-state index in [1.807, 2.05) is 25.7 Å². The first kappa shape index (κ1) is 36.6. The third-order valence-electron chi connectivity index (χ3n) is 11.8. The van der Waals surface area contributed by atoms with Gasteiger partial charge >= 0.3 is 12.1 Å². The molecule has 7 heterocycles. The molecule has 56 heavy (non-hydrogen) atoms. The lowest BCUT2D eigenvalue weighted by Gasteiger charge is -2.46. The van der Waals surface area contributed by atoms with Crippen LogP contribution in [-0.4, -0.2) is 113 Å². The maximum Gasteiger partial charge on any atom is 0.410 e. The summed E-state index contributed by atoms with van der Waals surface area (Å²) in [5.74, 6) is 1.65. The van der Waals surface area contributed by atoms with Gasteiger partial charge in [-0.15, -0.1) is 6.42 Å². The third-order valence-corrected chi connectivity index (χ3v) is 11.8. The van der Waals surface area contributed by atoms with E-state index in [2.05, 4.69) is 15.8 Å². The fraction of sp³-hybridized carbons (Fsp3) is 0.512. The molecule has 15 heteroatoms. The number of hydrogen-bond acceptors (Lipinski definition) is 11. The monoisotopic (exact) mass is 772 g/mol. The Kier molecular flexibility index (Phi) is 8.85. The molecular weight excluding hydrogens is 729 g/mol. The van der Waals surface area contributed by atoms with E-state index in [-0.39, 0.29) is 77.1 Å². The summed E-state index contributed by atoms with van der Waals surface area (Å²) in [5, 5.41) is 0.970. The van der Waals surface area contributed by atoms with Crippen LogP contribution in [0.25, 0.3) is 32.9 Å². The number of hydrogen-bond donors (Lipinski definition) is 0. The van der Waals surface area contributed by atoms with Crippen molar-refractivity contribution < 1.29 is 41.7 Å². The molecule has 294 valence electrons. The zero-order valence-corrected chi connectivity index (χ0v) is 31.7. The van der Waals surface area contributed by atoms with Crippen molar-refractivity contribution in [3.8, 4) is 41.2 Å². The number of alkyl halides is 1. The highest BCUT2D eigenvalue weighted by Crippen LogP contribution is 2.47. The standard InChI is InChI=1S/C41H43F3N6O6/c1-6-26-28(43)10-8-22-14-25(55-21-52-5)15-27(31(22)26)34-33(44)35-32-36(47-38(46-35)54-20-41-12-7-13-48(41)17-23(42)16-41)49-18-24-9-11-29(30(49)19-53-37(32)45-34)50(24)39(51)56-40(2,3)4/h1,8,10,14-15,23-24,29-30H,7,9,11-13,16-21H2,2-5H3/t23-,24+,29-,30+,41+/m1/s1. The van der Waals surface area contributed by atoms with Crippen LogP contribution >= 0.6 is 0 Å². The maximum absolute atomic E-state index is 17.5. The molecule has 2 aromatic heterocycles. The molecule has 5 atom stereocenters. The molecule has 5 aliphatic rings. The zero-order chi connectivity index (χ0) is 39.1. The van der Waals surface area contributed by atoms with Crippen molar-refractivity contribution in [2.24, 2.45) is 0 Å². The number of anilines is 1. The number of halogens is 3. The third kappa shape index (κ3) is 6.00. The molecule has 2 aromatic carbocycles. The van der Waals surface area contributed by atoms with Crippen molar-refractivity contribution >= 4 is 33.6 Å². The Morgan fingerprint density at radius 2 is 1.93 bits per heavy atom. The smallest absolute Gasteiger partial charge is 0.410 e. The number of aromatic nitrogens is 3. The molecule has 12 nitrogen and oxygen atoms in total. The molecule has 5 aliphatic heterocycles. The molecule has 4 saturated heterocycles. The van der Waals surface area contributed by atoms with Gasteiger partial charge in [-0.3, -0.25) is 9.80 Å². The lowest BCUT2D eigenvalue weighted by molar-refractivity contribution is 0.00537. The normalized spacial score (nSPS) is 25.5. The second-order valence-electron chi connectivity index (χ2n) is 16.4. The van der Waals surface area contributed by atoms with E-state index in [4.69, 9.17) is 40.1 Å². The molecule has 4 fully saturated rings. The van der Waals surface area contributed by atoms with Gasteiger partial charge in [0, 0.05) is 37.6 Å². The van der Waals surface area contributed by atoms with E-state index in [0.29, 0.717) is 42.9 Å². The van der Waals surface area contributed by atoms with Crippen LogP contribution in [0.2, 0.25) is 0 Å². The van der Waals surface area contributed by atoms with Gasteiger partial charge in [0.25, 0.3) is 0 Å². The summed E-state index contributed by atoms with van der Waals surface area (Å²) in [6, 6.07) is 4.97. The van der Waals surface area contributed by atoms with Gasteiger partial charge in [-0.25, -0.2) is 22.9 Å². The number of fused-ring (bicyclic) bond motifs is 7. The molecule has 0 aliphatic carbocycles. The fourth-order valence-corrected chi connectivity index (χ4v) is 9.50. The van der Waals surface area contributed by atoms with Crippen LogP contribution in [0.1, 0.15) is 58.4 Å². The minimum Gasteiger partial charge on any atom is -0.475 e. The van der Waals surface area contributed by atoms with Crippen molar-refractivity contribution in [3.05, 3.63) is 41.5 Å². The van der Waals surface area contributed by atoms with Gasteiger partial charge in [0.15, 0.2) is 12.6 Å². The highest BCUT2D eigenvalue weighted by Gasteiger charge is 2.52. The van der Waals surface area contributed by atoms with Crippen molar-refractivity contribution in [3.63, 3.8) is 0 Å².